The van der Waals surface area contributed by atoms with Gasteiger partial charge in [-0.2, -0.15) is 0 Å². The highest BCUT2D eigenvalue weighted by atomic mass is 32.2. The summed E-state index contributed by atoms with van der Waals surface area (Å²) in [7, 11) is 0.0142. The largest absolute Gasteiger partial charge is 0.242 e. The Kier molecular flexibility index (Phi) is 8.02. The lowest BCUT2D eigenvalue weighted by molar-refractivity contribution is 0.440. The zero-order chi connectivity index (χ0) is 25.0. The lowest BCUT2D eigenvalue weighted by atomic mass is 9.95. The quantitative estimate of drug-likeness (QED) is 0.276. The van der Waals surface area contributed by atoms with Crippen molar-refractivity contribution in [2.75, 3.05) is 7.05 Å². The SMILES string of the molecule is Cc1ccccc1[C@@H](c1ccccc1P(c1ccccc1)c1ccccc1)N(C)S(=O)C(C)(C)C. The van der Waals surface area contributed by atoms with Crippen LogP contribution in [0.15, 0.2) is 109 Å². The first kappa shape index (κ1) is 25.5. The van der Waals surface area contributed by atoms with Crippen LogP contribution in [0.25, 0.3) is 0 Å². The summed E-state index contributed by atoms with van der Waals surface area (Å²) in [6, 6.07) is 38.6. The Morgan fingerprint density at radius 1 is 0.686 bits per heavy atom. The number of rotatable bonds is 7. The fourth-order valence-corrected chi connectivity index (χ4v) is 8.25. The van der Waals surface area contributed by atoms with Crippen LogP contribution in [-0.4, -0.2) is 20.3 Å². The van der Waals surface area contributed by atoms with Crippen molar-refractivity contribution in [3.8, 4) is 0 Å². The molecule has 0 aliphatic carbocycles. The first-order valence-electron chi connectivity index (χ1n) is 12.0. The zero-order valence-corrected chi connectivity index (χ0v) is 22.9. The van der Waals surface area contributed by atoms with Crippen LogP contribution in [-0.2, 0) is 11.0 Å². The van der Waals surface area contributed by atoms with Crippen LogP contribution in [0.3, 0.4) is 0 Å². The lowest BCUT2D eigenvalue weighted by Crippen LogP contribution is -2.39. The summed E-state index contributed by atoms with van der Waals surface area (Å²) in [5.41, 5.74) is 3.60. The molecule has 0 amide bonds. The number of aryl methyl sites for hydroxylation is 1. The van der Waals surface area contributed by atoms with E-state index in [0.717, 1.165) is 0 Å². The maximum absolute atomic E-state index is 13.7. The number of benzene rings is 4. The third kappa shape index (κ3) is 5.64. The molecule has 2 atom stereocenters. The normalized spacial score (nSPS) is 13.7. The van der Waals surface area contributed by atoms with E-state index in [1.165, 1.54) is 32.6 Å². The molecule has 0 saturated heterocycles. The van der Waals surface area contributed by atoms with Gasteiger partial charge < -0.3 is 0 Å². The van der Waals surface area contributed by atoms with E-state index >= 15 is 0 Å². The predicted molar refractivity (Wildman–Crippen MR) is 154 cm³/mol. The molecule has 0 saturated carbocycles. The molecule has 0 heterocycles. The summed E-state index contributed by atoms with van der Waals surface area (Å²) >= 11 is 0. The summed E-state index contributed by atoms with van der Waals surface area (Å²) in [5, 5.41) is 3.92. The van der Waals surface area contributed by atoms with Gasteiger partial charge in [0.15, 0.2) is 0 Å². The van der Waals surface area contributed by atoms with E-state index in [1.54, 1.807) is 0 Å². The van der Waals surface area contributed by atoms with Gasteiger partial charge in [0, 0.05) is 7.05 Å². The Balaban J connectivity index is 1.97. The van der Waals surface area contributed by atoms with Gasteiger partial charge in [-0.3, -0.25) is 0 Å². The van der Waals surface area contributed by atoms with Crippen LogP contribution >= 0.6 is 7.92 Å². The highest BCUT2D eigenvalue weighted by Gasteiger charge is 2.33. The molecule has 0 fully saturated rings. The van der Waals surface area contributed by atoms with Gasteiger partial charge in [-0.1, -0.05) is 109 Å². The van der Waals surface area contributed by atoms with Gasteiger partial charge in [-0.15, -0.1) is 0 Å². The van der Waals surface area contributed by atoms with Gasteiger partial charge in [0.25, 0.3) is 0 Å². The fraction of sp³-hybridized carbons (Fsp3) is 0.226. The second kappa shape index (κ2) is 11.0. The summed E-state index contributed by atoms with van der Waals surface area (Å²) in [6.45, 7) is 8.28. The van der Waals surface area contributed by atoms with E-state index < -0.39 is 18.9 Å². The van der Waals surface area contributed by atoms with Crippen molar-refractivity contribution in [3.05, 3.63) is 126 Å². The maximum atomic E-state index is 13.7. The van der Waals surface area contributed by atoms with E-state index in [9.17, 15) is 4.21 Å². The molecule has 35 heavy (non-hydrogen) atoms. The third-order valence-corrected chi connectivity index (χ3v) is 10.4. The summed E-state index contributed by atoms with van der Waals surface area (Å²) in [5.74, 6) is 0. The molecule has 0 bridgehead atoms. The van der Waals surface area contributed by atoms with Crippen molar-refractivity contribution in [2.45, 2.75) is 38.5 Å². The molecule has 0 aliphatic rings. The first-order chi connectivity index (χ1) is 16.8. The molecule has 2 nitrogen and oxygen atoms in total. The maximum Gasteiger partial charge on any atom is 0.100 e. The highest BCUT2D eigenvalue weighted by molar-refractivity contribution is 7.84. The number of hydrogen-bond donors (Lipinski definition) is 0. The monoisotopic (exact) mass is 499 g/mol. The molecule has 4 rings (SSSR count). The average molecular weight is 500 g/mol. The zero-order valence-electron chi connectivity index (χ0n) is 21.2. The second-order valence-electron chi connectivity index (χ2n) is 9.73. The molecular weight excluding hydrogens is 465 g/mol. The number of nitrogens with zero attached hydrogens (tertiary/aromatic N) is 1. The second-order valence-corrected chi connectivity index (χ2v) is 14.2. The van der Waals surface area contributed by atoms with Gasteiger partial charge in [-0.05, 0) is 68.2 Å². The standard InChI is InChI=1S/C31H34NOPS/c1-24-16-12-13-21-27(24)30(32(5)35(33)31(2,3)4)28-22-14-15-23-29(28)34(25-17-8-6-9-18-25)26-19-10-7-11-20-26/h6-23,30H,1-5H3/t30-,35?/m0/s1. The van der Waals surface area contributed by atoms with Gasteiger partial charge in [-0.25, -0.2) is 8.51 Å². The van der Waals surface area contributed by atoms with Crippen molar-refractivity contribution in [1.29, 1.82) is 0 Å². The van der Waals surface area contributed by atoms with Crippen LogP contribution in [0, 0.1) is 6.92 Å². The molecule has 1 unspecified atom stereocenters. The molecule has 0 radical (unpaired) electrons. The van der Waals surface area contributed by atoms with Crippen molar-refractivity contribution < 1.29 is 4.21 Å². The molecule has 0 aliphatic heterocycles. The minimum Gasteiger partial charge on any atom is -0.242 e. The van der Waals surface area contributed by atoms with E-state index in [2.05, 4.69) is 120 Å². The molecular formula is C31H34NOPS. The van der Waals surface area contributed by atoms with Crippen LogP contribution < -0.4 is 15.9 Å². The van der Waals surface area contributed by atoms with Crippen molar-refractivity contribution >= 4 is 34.8 Å². The van der Waals surface area contributed by atoms with Gasteiger partial charge in [0.05, 0.1) is 10.8 Å². The fourth-order valence-electron chi connectivity index (χ4n) is 4.48. The smallest absolute Gasteiger partial charge is 0.100 e. The van der Waals surface area contributed by atoms with E-state index in [-0.39, 0.29) is 10.8 Å². The van der Waals surface area contributed by atoms with Crippen LogP contribution in [0.5, 0.6) is 0 Å². The molecule has 0 spiro atoms. The summed E-state index contributed by atoms with van der Waals surface area (Å²) in [6.07, 6.45) is 0. The Morgan fingerprint density at radius 2 is 1.14 bits per heavy atom. The number of hydrogen-bond acceptors (Lipinski definition) is 1. The van der Waals surface area contributed by atoms with Gasteiger partial charge in [0.1, 0.15) is 11.0 Å². The molecule has 4 heteroatoms. The Bertz CT molecular complexity index is 1240. The first-order valence-corrected chi connectivity index (χ1v) is 14.4. The van der Waals surface area contributed by atoms with Crippen molar-refractivity contribution in [3.63, 3.8) is 0 Å². The van der Waals surface area contributed by atoms with Crippen LogP contribution in [0.4, 0.5) is 0 Å². The van der Waals surface area contributed by atoms with Crippen LogP contribution in [0.1, 0.15) is 43.5 Å². The molecule has 4 aromatic carbocycles. The molecule has 0 N–H and O–H groups in total. The van der Waals surface area contributed by atoms with Gasteiger partial charge in [0.2, 0.25) is 0 Å². The van der Waals surface area contributed by atoms with Gasteiger partial charge >= 0.3 is 0 Å². The summed E-state index contributed by atoms with van der Waals surface area (Å²) < 4.78 is 15.4. The minimum atomic E-state index is -1.19. The van der Waals surface area contributed by atoms with E-state index in [1.807, 2.05) is 27.8 Å². The average Bonchev–Trinajstić information content (AvgIpc) is 2.86. The summed E-state index contributed by atoms with van der Waals surface area (Å²) in [4.78, 5) is 0. The minimum absolute atomic E-state index is 0.134. The Hall–Kier alpha value is -2.58. The molecule has 4 aromatic rings. The Labute approximate surface area is 214 Å². The lowest BCUT2D eigenvalue weighted by Gasteiger charge is -2.35. The highest BCUT2D eigenvalue weighted by Crippen LogP contribution is 2.40. The van der Waals surface area contributed by atoms with Crippen LogP contribution in [0.2, 0.25) is 0 Å². The predicted octanol–water partition coefficient (Wildman–Crippen LogP) is 6.24. The Morgan fingerprint density at radius 3 is 1.66 bits per heavy atom. The molecule has 180 valence electrons. The topological polar surface area (TPSA) is 20.3 Å². The van der Waals surface area contributed by atoms with Crippen molar-refractivity contribution in [1.82, 2.24) is 4.31 Å². The third-order valence-electron chi connectivity index (χ3n) is 6.13. The van der Waals surface area contributed by atoms with Crippen molar-refractivity contribution in [2.24, 2.45) is 0 Å². The van der Waals surface area contributed by atoms with E-state index in [4.69, 9.17) is 0 Å². The van der Waals surface area contributed by atoms with E-state index in [0.29, 0.717) is 0 Å². The molecule has 0 aromatic heterocycles.